The number of amides is 4. The van der Waals surface area contributed by atoms with Gasteiger partial charge in [-0.3, -0.25) is 9.80 Å². The number of ether oxygens (including phenoxy) is 1. The molecule has 0 aromatic heterocycles. The molecule has 1 fully saturated rings. The van der Waals surface area contributed by atoms with Crippen molar-refractivity contribution in [2.24, 2.45) is 0 Å². The van der Waals surface area contributed by atoms with Crippen LogP contribution in [-0.4, -0.2) is 79.1 Å². The molecule has 0 spiro atoms. The fourth-order valence-corrected chi connectivity index (χ4v) is 5.03. The van der Waals surface area contributed by atoms with Crippen molar-refractivity contribution in [1.29, 1.82) is 0 Å². The maximum Gasteiger partial charge on any atom is 0.416 e. The lowest BCUT2D eigenvalue weighted by Crippen LogP contribution is -2.49. The zero-order chi connectivity index (χ0) is 29.7. The fourth-order valence-electron chi connectivity index (χ4n) is 5.03. The summed E-state index contributed by atoms with van der Waals surface area (Å²) in [5.74, 6) is -0.505. The minimum absolute atomic E-state index is 0.181. The van der Waals surface area contributed by atoms with Gasteiger partial charge in [-0.15, -0.1) is 0 Å². The van der Waals surface area contributed by atoms with Gasteiger partial charge in [0.2, 0.25) is 0 Å². The summed E-state index contributed by atoms with van der Waals surface area (Å²) in [6, 6.07) is 10.4. The number of anilines is 1. The Kier molecular flexibility index (Phi) is 9.21. The molecule has 9 nitrogen and oxygen atoms in total. The summed E-state index contributed by atoms with van der Waals surface area (Å²) < 4.78 is 44.0. The van der Waals surface area contributed by atoms with Crippen LogP contribution in [0.25, 0.3) is 0 Å². The van der Waals surface area contributed by atoms with Gasteiger partial charge in [0.1, 0.15) is 0 Å². The van der Waals surface area contributed by atoms with Gasteiger partial charge in [0.15, 0.2) is 0 Å². The smallest absolute Gasteiger partial charge is 0.416 e. The Labute approximate surface area is 236 Å². The van der Waals surface area contributed by atoms with Gasteiger partial charge in [-0.05, 0) is 55.7 Å². The molecule has 2 aromatic rings. The van der Waals surface area contributed by atoms with Crippen LogP contribution >= 0.6 is 0 Å². The van der Waals surface area contributed by atoms with Crippen molar-refractivity contribution in [1.82, 2.24) is 20.0 Å². The summed E-state index contributed by atoms with van der Waals surface area (Å²) in [5, 5.41) is 5.60. The molecule has 2 aliphatic rings. The van der Waals surface area contributed by atoms with Gasteiger partial charge < -0.3 is 20.3 Å². The zero-order valence-electron chi connectivity index (χ0n) is 23.3. The number of hydrogen-bond acceptors (Lipinski definition) is 5. The van der Waals surface area contributed by atoms with Crippen LogP contribution in [0.3, 0.4) is 0 Å². The van der Waals surface area contributed by atoms with E-state index >= 15 is 0 Å². The van der Waals surface area contributed by atoms with E-state index in [1.165, 1.54) is 17.0 Å². The first-order valence-corrected chi connectivity index (χ1v) is 13.4. The molecule has 4 amide bonds. The molecule has 2 N–H and O–H groups in total. The molecule has 2 aliphatic heterocycles. The van der Waals surface area contributed by atoms with Crippen molar-refractivity contribution in [2.75, 3.05) is 51.7 Å². The number of nitrogens with one attached hydrogen (secondary N) is 2. The van der Waals surface area contributed by atoms with Crippen LogP contribution in [0.5, 0.6) is 0 Å². The quantitative estimate of drug-likeness (QED) is 0.486. The topological polar surface area (TPSA) is 94.2 Å². The third kappa shape index (κ3) is 6.99. The SMILES string of the molecule is CCOC(=O)C1=C(CN2CCCN(C(=O)Nc3ccc(C(F)(F)F)cc3)CC2)N(C)C(=O)NC1c1ccccc1C. The lowest BCUT2D eigenvalue weighted by atomic mass is 9.91. The molecule has 12 heteroatoms. The van der Waals surface area contributed by atoms with Crippen LogP contribution in [0, 0.1) is 6.92 Å². The third-order valence-electron chi connectivity index (χ3n) is 7.28. The van der Waals surface area contributed by atoms with Crippen molar-refractivity contribution in [3.8, 4) is 0 Å². The second-order valence-corrected chi connectivity index (χ2v) is 10.0. The fraction of sp³-hybridized carbons (Fsp3) is 0.414. The van der Waals surface area contributed by atoms with E-state index in [9.17, 15) is 27.6 Å². The minimum Gasteiger partial charge on any atom is -0.463 e. The highest BCUT2D eigenvalue weighted by Crippen LogP contribution is 2.33. The number of esters is 1. The van der Waals surface area contributed by atoms with E-state index in [4.69, 9.17) is 4.74 Å². The molecule has 2 aromatic carbocycles. The minimum atomic E-state index is -4.45. The van der Waals surface area contributed by atoms with E-state index in [1.54, 1.807) is 18.9 Å². The van der Waals surface area contributed by atoms with Crippen LogP contribution in [-0.2, 0) is 15.7 Å². The number of rotatable bonds is 6. The zero-order valence-corrected chi connectivity index (χ0v) is 23.3. The number of carbonyl (C=O) groups is 3. The summed E-state index contributed by atoms with van der Waals surface area (Å²) in [4.78, 5) is 44.3. The predicted molar refractivity (Wildman–Crippen MR) is 147 cm³/mol. The molecule has 1 atom stereocenters. The van der Waals surface area contributed by atoms with Crippen molar-refractivity contribution < 1.29 is 32.3 Å². The van der Waals surface area contributed by atoms with Crippen LogP contribution < -0.4 is 10.6 Å². The number of carbonyl (C=O) groups excluding carboxylic acids is 3. The third-order valence-corrected chi connectivity index (χ3v) is 7.28. The molecule has 220 valence electrons. The van der Waals surface area contributed by atoms with E-state index in [1.807, 2.05) is 31.2 Å². The number of likely N-dealkylation sites (N-methyl/N-ethyl adjacent to an activating group) is 1. The number of nitrogens with zero attached hydrogens (tertiary/aromatic N) is 3. The molecule has 1 saturated heterocycles. The number of benzene rings is 2. The Hall–Kier alpha value is -4.06. The number of aryl methyl sites for hydroxylation is 1. The molecule has 1 unspecified atom stereocenters. The number of halogens is 3. The van der Waals surface area contributed by atoms with E-state index in [2.05, 4.69) is 15.5 Å². The van der Waals surface area contributed by atoms with Gasteiger partial charge in [-0.25, -0.2) is 14.4 Å². The highest BCUT2D eigenvalue weighted by atomic mass is 19.4. The molecule has 0 radical (unpaired) electrons. The molecule has 4 rings (SSSR count). The van der Waals surface area contributed by atoms with E-state index < -0.39 is 29.8 Å². The van der Waals surface area contributed by atoms with Gasteiger partial charge in [-0.1, -0.05) is 24.3 Å². The molecule has 2 heterocycles. The Balaban J connectivity index is 1.51. The normalized spacial score (nSPS) is 18.6. The molecule has 41 heavy (non-hydrogen) atoms. The lowest BCUT2D eigenvalue weighted by Gasteiger charge is -2.37. The molecule has 0 bridgehead atoms. The maximum atomic E-state index is 13.3. The van der Waals surface area contributed by atoms with Crippen LogP contribution in [0.4, 0.5) is 28.4 Å². The second kappa shape index (κ2) is 12.6. The van der Waals surface area contributed by atoms with Crippen LogP contribution in [0.15, 0.2) is 59.8 Å². The summed E-state index contributed by atoms with van der Waals surface area (Å²) in [7, 11) is 1.61. The van der Waals surface area contributed by atoms with Gasteiger partial charge in [0.05, 0.1) is 23.8 Å². The Morgan fingerprint density at radius 3 is 2.41 bits per heavy atom. The number of alkyl halides is 3. The summed E-state index contributed by atoms with van der Waals surface area (Å²) in [6.45, 7) is 5.97. The maximum absolute atomic E-state index is 13.3. The second-order valence-electron chi connectivity index (χ2n) is 10.0. The average Bonchev–Trinajstić information content (AvgIpc) is 3.17. The van der Waals surface area contributed by atoms with E-state index in [0.29, 0.717) is 43.9 Å². The number of urea groups is 2. The van der Waals surface area contributed by atoms with E-state index in [-0.39, 0.29) is 24.9 Å². The molecule has 0 saturated carbocycles. The Bertz CT molecular complexity index is 1310. The highest BCUT2D eigenvalue weighted by Gasteiger charge is 2.38. The Morgan fingerprint density at radius 1 is 1.05 bits per heavy atom. The van der Waals surface area contributed by atoms with Crippen molar-refractivity contribution >= 4 is 23.7 Å². The first-order chi connectivity index (χ1) is 19.5. The van der Waals surface area contributed by atoms with Crippen molar-refractivity contribution in [2.45, 2.75) is 32.5 Å². The predicted octanol–water partition coefficient (Wildman–Crippen LogP) is 4.77. The van der Waals surface area contributed by atoms with Gasteiger partial charge in [0.25, 0.3) is 0 Å². The standard InChI is InChI=1S/C29H34F3N5O4/c1-4-41-26(38)24-23(35(3)27(39)34-25(24)22-9-6-5-8-19(22)2)18-36-14-7-15-37(17-16-36)28(40)33-21-12-10-20(11-13-21)29(30,31)32/h5-6,8-13,25H,4,7,14-18H2,1-3H3,(H,33,40)(H,34,39). The summed E-state index contributed by atoms with van der Waals surface area (Å²) in [5.41, 5.74) is 2.10. The molecule has 0 aliphatic carbocycles. The van der Waals surface area contributed by atoms with Crippen molar-refractivity contribution in [3.63, 3.8) is 0 Å². The van der Waals surface area contributed by atoms with Crippen molar-refractivity contribution in [3.05, 3.63) is 76.5 Å². The lowest BCUT2D eigenvalue weighted by molar-refractivity contribution is -0.139. The monoisotopic (exact) mass is 573 g/mol. The first kappa shape index (κ1) is 29.9. The summed E-state index contributed by atoms with van der Waals surface area (Å²) >= 11 is 0. The molecular formula is C29H34F3N5O4. The van der Waals surface area contributed by atoms with Gasteiger partial charge in [-0.2, -0.15) is 13.2 Å². The Morgan fingerprint density at radius 2 is 1.76 bits per heavy atom. The van der Waals surface area contributed by atoms with Gasteiger partial charge >= 0.3 is 24.2 Å². The van der Waals surface area contributed by atoms with Gasteiger partial charge in [0, 0.05) is 51.2 Å². The summed E-state index contributed by atoms with van der Waals surface area (Å²) in [6.07, 6.45) is -3.83. The average molecular weight is 574 g/mol. The van der Waals surface area contributed by atoms with Crippen LogP contribution in [0.1, 0.15) is 36.1 Å². The largest absolute Gasteiger partial charge is 0.463 e. The molecular weight excluding hydrogens is 539 g/mol. The van der Waals surface area contributed by atoms with Crippen LogP contribution in [0.2, 0.25) is 0 Å². The number of hydrogen-bond donors (Lipinski definition) is 2. The highest BCUT2D eigenvalue weighted by molar-refractivity contribution is 5.95. The first-order valence-electron chi connectivity index (χ1n) is 13.4. The van der Waals surface area contributed by atoms with E-state index in [0.717, 1.165) is 23.3 Å².